The molecule has 0 saturated carbocycles. The standard InChI is InChI=1S/C16H16FNO2S/c1-18(13-15-8-5-9-16(17)12-15)21(19,20)11-10-14-6-3-2-4-7-14/h2-12H,13H2,1H3. The average molecular weight is 305 g/mol. The third-order valence-electron chi connectivity index (χ3n) is 2.96. The van der Waals surface area contributed by atoms with E-state index in [9.17, 15) is 12.8 Å². The number of benzene rings is 2. The summed E-state index contributed by atoms with van der Waals surface area (Å²) >= 11 is 0. The van der Waals surface area contributed by atoms with E-state index in [0.29, 0.717) is 5.56 Å². The molecule has 0 fully saturated rings. The number of halogens is 1. The average Bonchev–Trinajstić information content (AvgIpc) is 2.46. The highest BCUT2D eigenvalue weighted by Gasteiger charge is 2.14. The second-order valence-electron chi connectivity index (χ2n) is 4.64. The van der Waals surface area contributed by atoms with Crippen LogP contribution in [0.2, 0.25) is 0 Å². The van der Waals surface area contributed by atoms with Crippen LogP contribution in [0.5, 0.6) is 0 Å². The van der Waals surface area contributed by atoms with Crippen LogP contribution >= 0.6 is 0 Å². The Balaban J connectivity index is 2.10. The maximum atomic E-state index is 13.1. The minimum atomic E-state index is -3.54. The van der Waals surface area contributed by atoms with E-state index in [1.807, 2.05) is 30.3 Å². The van der Waals surface area contributed by atoms with Crippen molar-refractivity contribution >= 4 is 16.1 Å². The van der Waals surface area contributed by atoms with Gasteiger partial charge in [-0.3, -0.25) is 0 Å². The van der Waals surface area contributed by atoms with Crippen LogP contribution < -0.4 is 0 Å². The summed E-state index contributed by atoms with van der Waals surface area (Å²) in [6.45, 7) is 0.124. The minimum Gasteiger partial charge on any atom is -0.208 e. The second kappa shape index (κ2) is 6.65. The van der Waals surface area contributed by atoms with E-state index in [1.54, 1.807) is 12.1 Å². The highest BCUT2D eigenvalue weighted by Crippen LogP contribution is 2.11. The van der Waals surface area contributed by atoms with Crippen molar-refractivity contribution < 1.29 is 12.8 Å². The van der Waals surface area contributed by atoms with E-state index in [-0.39, 0.29) is 12.4 Å². The molecule has 0 atom stereocenters. The number of nitrogens with zero attached hydrogens (tertiary/aromatic N) is 1. The zero-order valence-electron chi connectivity index (χ0n) is 11.6. The maximum Gasteiger partial charge on any atom is 0.236 e. The van der Waals surface area contributed by atoms with Crippen LogP contribution in [-0.4, -0.2) is 19.8 Å². The van der Waals surface area contributed by atoms with Gasteiger partial charge in [-0.1, -0.05) is 42.5 Å². The molecular weight excluding hydrogens is 289 g/mol. The van der Waals surface area contributed by atoms with Crippen molar-refractivity contribution in [2.75, 3.05) is 7.05 Å². The lowest BCUT2D eigenvalue weighted by molar-refractivity contribution is 0.474. The van der Waals surface area contributed by atoms with Crippen molar-refractivity contribution in [3.63, 3.8) is 0 Å². The third-order valence-corrected chi connectivity index (χ3v) is 4.44. The van der Waals surface area contributed by atoms with Crippen molar-refractivity contribution in [2.45, 2.75) is 6.54 Å². The first-order chi connectivity index (χ1) is 9.97. The molecule has 0 N–H and O–H groups in total. The molecule has 0 aliphatic carbocycles. The minimum absolute atomic E-state index is 0.124. The van der Waals surface area contributed by atoms with E-state index >= 15 is 0 Å². The summed E-state index contributed by atoms with van der Waals surface area (Å²) in [7, 11) is -2.07. The summed E-state index contributed by atoms with van der Waals surface area (Å²) < 4.78 is 38.6. The molecule has 0 saturated heterocycles. The lowest BCUT2D eigenvalue weighted by Crippen LogP contribution is -2.24. The molecule has 2 rings (SSSR count). The topological polar surface area (TPSA) is 37.4 Å². The number of rotatable bonds is 5. The highest BCUT2D eigenvalue weighted by atomic mass is 32.2. The maximum absolute atomic E-state index is 13.1. The normalized spacial score (nSPS) is 12.1. The Morgan fingerprint density at radius 3 is 2.48 bits per heavy atom. The summed E-state index contributed by atoms with van der Waals surface area (Å²) in [6, 6.07) is 15.1. The molecule has 0 aliphatic heterocycles. The molecule has 2 aromatic rings. The van der Waals surface area contributed by atoms with E-state index in [0.717, 1.165) is 11.0 Å². The Morgan fingerprint density at radius 1 is 1.10 bits per heavy atom. The molecule has 3 nitrogen and oxygen atoms in total. The lowest BCUT2D eigenvalue weighted by Gasteiger charge is -2.14. The Kier molecular flexibility index (Phi) is 4.88. The molecule has 21 heavy (non-hydrogen) atoms. The van der Waals surface area contributed by atoms with Crippen molar-refractivity contribution in [3.05, 3.63) is 76.9 Å². The molecule has 0 amide bonds. The van der Waals surface area contributed by atoms with E-state index in [1.165, 1.54) is 29.6 Å². The molecule has 0 radical (unpaired) electrons. The van der Waals surface area contributed by atoms with Crippen molar-refractivity contribution in [3.8, 4) is 0 Å². The van der Waals surface area contributed by atoms with Crippen LogP contribution in [0.15, 0.2) is 60.0 Å². The zero-order chi connectivity index (χ0) is 15.3. The fourth-order valence-corrected chi connectivity index (χ4v) is 2.68. The molecule has 0 heterocycles. The van der Waals surface area contributed by atoms with E-state index < -0.39 is 10.0 Å². The van der Waals surface area contributed by atoms with Crippen LogP contribution in [0.3, 0.4) is 0 Å². The number of hydrogen-bond acceptors (Lipinski definition) is 2. The summed E-state index contributed by atoms with van der Waals surface area (Å²) in [5.74, 6) is -0.377. The quantitative estimate of drug-likeness (QED) is 0.850. The van der Waals surface area contributed by atoms with Gasteiger partial charge in [0.15, 0.2) is 0 Å². The van der Waals surface area contributed by atoms with Crippen LogP contribution in [0, 0.1) is 5.82 Å². The Hall–Kier alpha value is -1.98. The highest BCUT2D eigenvalue weighted by molar-refractivity contribution is 7.92. The Morgan fingerprint density at radius 2 is 1.81 bits per heavy atom. The van der Waals surface area contributed by atoms with Gasteiger partial charge in [0.2, 0.25) is 10.0 Å². The van der Waals surface area contributed by atoms with Gasteiger partial charge in [0.1, 0.15) is 5.82 Å². The van der Waals surface area contributed by atoms with E-state index in [4.69, 9.17) is 0 Å². The van der Waals surface area contributed by atoms with Gasteiger partial charge in [-0.15, -0.1) is 0 Å². The first kappa shape index (κ1) is 15.4. The van der Waals surface area contributed by atoms with Crippen molar-refractivity contribution in [1.82, 2.24) is 4.31 Å². The molecule has 0 bridgehead atoms. The van der Waals surface area contributed by atoms with Gasteiger partial charge in [-0.2, -0.15) is 4.31 Å². The Bertz CT molecular complexity index is 727. The van der Waals surface area contributed by atoms with Crippen molar-refractivity contribution in [1.29, 1.82) is 0 Å². The second-order valence-corrected chi connectivity index (χ2v) is 6.57. The first-order valence-corrected chi connectivity index (χ1v) is 7.91. The summed E-state index contributed by atoms with van der Waals surface area (Å²) in [5, 5.41) is 1.15. The smallest absolute Gasteiger partial charge is 0.208 e. The first-order valence-electron chi connectivity index (χ1n) is 6.41. The van der Waals surface area contributed by atoms with Gasteiger partial charge in [0.05, 0.1) is 0 Å². The largest absolute Gasteiger partial charge is 0.236 e. The fraction of sp³-hybridized carbons (Fsp3) is 0.125. The van der Waals surface area contributed by atoms with Gasteiger partial charge in [0, 0.05) is 19.0 Å². The van der Waals surface area contributed by atoms with Crippen molar-refractivity contribution in [2.24, 2.45) is 0 Å². The van der Waals surface area contributed by atoms with Gasteiger partial charge >= 0.3 is 0 Å². The van der Waals surface area contributed by atoms with Crippen LogP contribution in [0.1, 0.15) is 11.1 Å². The number of sulfonamides is 1. The van der Waals surface area contributed by atoms with Crippen LogP contribution in [-0.2, 0) is 16.6 Å². The molecule has 2 aromatic carbocycles. The monoisotopic (exact) mass is 305 g/mol. The SMILES string of the molecule is CN(Cc1cccc(F)c1)S(=O)(=O)C=Cc1ccccc1. The molecule has 110 valence electrons. The van der Waals surface area contributed by atoms with Gasteiger partial charge in [0.25, 0.3) is 0 Å². The van der Waals surface area contributed by atoms with Gasteiger partial charge < -0.3 is 0 Å². The molecule has 0 spiro atoms. The third kappa shape index (κ3) is 4.51. The van der Waals surface area contributed by atoms with Crippen LogP contribution in [0.25, 0.3) is 6.08 Å². The zero-order valence-corrected chi connectivity index (χ0v) is 12.4. The fourth-order valence-electron chi connectivity index (χ4n) is 1.81. The van der Waals surface area contributed by atoms with Crippen LogP contribution in [0.4, 0.5) is 4.39 Å². The molecule has 0 unspecified atom stereocenters. The summed E-state index contributed by atoms with van der Waals surface area (Å²) in [6.07, 6.45) is 1.54. The number of hydrogen-bond donors (Lipinski definition) is 0. The molecule has 5 heteroatoms. The molecule has 0 aliphatic rings. The molecule has 0 aromatic heterocycles. The van der Waals surface area contributed by atoms with Gasteiger partial charge in [-0.25, -0.2) is 12.8 Å². The predicted octanol–water partition coefficient (Wildman–Crippen LogP) is 3.26. The lowest BCUT2D eigenvalue weighted by atomic mass is 10.2. The molecular formula is C16H16FNO2S. The van der Waals surface area contributed by atoms with E-state index in [2.05, 4.69) is 0 Å². The van der Waals surface area contributed by atoms with Gasteiger partial charge in [-0.05, 0) is 29.3 Å². The summed E-state index contributed by atoms with van der Waals surface area (Å²) in [4.78, 5) is 0. The summed E-state index contributed by atoms with van der Waals surface area (Å²) in [5.41, 5.74) is 1.41. The Labute approximate surface area is 124 Å². The predicted molar refractivity (Wildman–Crippen MR) is 82.3 cm³/mol.